The molecule has 3 nitrogen and oxygen atoms in total. The van der Waals surface area contributed by atoms with Crippen LogP contribution in [0.5, 0.6) is 0 Å². The number of hydrogen-bond acceptors (Lipinski definition) is 3. The lowest BCUT2D eigenvalue weighted by Crippen LogP contribution is -2.33. The number of benzene rings is 2. The molecule has 0 saturated heterocycles. The summed E-state index contributed by atoms with van der Waals surface area (Å²) in [6, 6.07) is 15.8. The molecule has 1 N–H and O–H groups in total. The fourth-order valence-corrected chi connectivity index (χ4v) is 4.75. The molecule has 0 radical (unpaired) electrons. The van der Waals surface area contributed by atoms with Crippen LogP contribution in [0.4, 0.5) is 5.69 Å². The lowest BCUT2D eigenvalue weighted by atomic mass is 9.68. The minimum absolute atomic E-state index is 0.0561. The van der Waals surface area contributed by atoms with Crippen molar-refractivity contribution in [2.75, 3.05) is 5.32 Å². The van der Waals surface area contributed by atoms with E-state index in [2.05, 4.69) is 36.3 Å². The Balaban J connectivity index is 1.79. The standard InChI is InChI=1S/C24H21ClN2O/c1-24(2)12-17-21-16-4-3-11-26-18(16)9-10-19(21)27-23(22(17)20(28)13-24)14-5-7-15(25)8-6-14/h3-11,23,27H,12-13H2,1-2H3. The average molecular weight is 389 g/mol. The van der Waals surface area contributed by atoms with Crippen molar-refractivity contribution in [3.8, 4) is 0 Å². The number of carbonyl (C=O) groups is 1. The third-order valence-corrected chi connectivity index (χ3v) is 6.05. The van der Waals surface area contributed by atoms with Crippen LogP contribution in [0.15, 0.2) is 60.3 Å². The number of rotatable bonds is 1. The van der Waals surface area contributed by atoms with E-state index in [4.69, 9.17) is 11.6 Å². The van der Waals surface area contributed by atoms with Gasteiger partial charge in [0.2, 0.25) is 0 Å². The molecule has 0 fully saturated rings. The van der Waals surface area contributed by atoms with E-state index in [-0.39, 0.29) is 17.2 Å². The Morgan fingerprint density at radius 3 is 2.64 bits per heavy atom. The molecule has 2 aromatic carbocycles. The first kappa shape index (κ1) is 17.4. The minimum atomic E-state index is -0.155. The lowest BCUT2D eigenvalue weighted by Gasteiger charge is -2.40. The fourth-order valence-electron chi connectivity index (χ4n) is 4.62. The molecule has 1 aliphatic heterocycles. The number of aromatic nitrogens is 1. The van der Waals surface area contributed by atoms with Crippen LogP contribution in [-0.4, -0.2) is 10.8 Å². The van der Waals surface area contributed by atoms with Gasteiger partial charge in [0, 0.05) is 39.9 Å². The molecule has 5 rings (SSSR count). The molecule has 0 spiro atoms. The molecule has 0 bridgehead atoms. The van der Waals surface area contributed by atoms with E-state index in [1.54, 1.807) is 0 Å². The van der Waals surface area contributed by atoms with Gasteiger partial charge in [-0.3, -0.25) is 9.78 Å². The fraction of sp³-hybridized carbons (Fsp3) is 0.250. The Morgan fingerprint density at radius 2 is 1.86 bits per heavy atom. The first-order valence-electron chi connectivity index (χ1n) is 9.59. The first-order valence-corrected chi connectivity index (χ1v) is 9.97. The molecule has 4 heteroatoms. The zero-order chi connectivity index (χ0) is 19.5. The minimum Gasteiger partial charge on any atom is -0.373 e. The van der Waals surface area contributed by atoms with Crippen molar-refractivity contribution in [2.45, 2.75) is 32.7 Å². The van der Waals surface area contributed by atoms with E-state index < -0.39 is 0 Å². The number of ketones is 1. The second kappa shape index (κ2) is 6.18. The highest BCUT2D eigenvalue weighted by Gasteiger charge is 2.40. The van der Waals surface area contributed by atoms with Crippen LogP contribution < -0.4 is 5.32 Å². The SMILES string of the molecule is CC1(C)CC(=O)C2=C(C1)c1c(ccc3ncccc13)NC2c1ccc(Cl)cc1. The largest absolute Gasteiger partial charge is 0.373 e. The van der Waals surface area contributed by atoms with Crippen LogP contribution >= 0.6 is 11.6 Å². The summed E-state index contributed by atoms with van der Waals surface area (Å²) in [6.45, 7) is 4.36. The Bertz CT molecular complexity index is 1140. The number of fused-ring (bicyclic) bond motifs is 4. The van der Waals surface area contributed by atoms with Crippen LogP contribution in [0.25, 0.3) is 16.5 Å². The number of anilines is 1. The highest BCUT2D eigenvalue weighted by atomic mass is 35.5. The maximum atomic E-state index is 13.3. The second-order valence-electron chi connectivity index (χ2n) is 8.52. The number of carbonyl (C=O) groups excluding carboxylic acids is 1. The van der Waals surface area contributed by atoms with Crippen molar-refractivity contribution >= 4 is 39.5 Å². The van der Waals surface area contributed by atoms with E-state index in [0.717, 1.165) is 45.3 Å². The summed E-state index contributed by atoms with van der Waals surface area (Å²) >= 11 is 6.09. The predicted molar refractivity (Wildman–Crippen MR) is 115 cm³/mol. The topological polar surface area (TPSA) is 42.0 Å². The number of halogens is 1. The summed E-state index contributed by atoms with van der Waals surface area (Å²) in [7, 11) is 0. The highest BCUT2D eigenvalue weighted by molar-refractivity contribution is 6.30. The Morgan fingerprint density at radius 1 is 1.07 bits per heavy atom. The summed E-state index contributed by atoms with van der Waals surface area (Å²) in [5.74, 6) is 0.227. The number of Topliss-reactive ketones (excluding diaryl/α,β-unsaturated/α-hetero) is 1. The third kappa shape index (κ3) is 2.73. The van der Waals surface area contributed by atoms with Gasteiger partial charge in [-0.2, -0.15) is 0 Å². The molecule has 28 heavy (non-hydrogen) atoms. The van der Waals surface area contributed by atoms with E-state index in [1.807, 2.05) is 42.6 Å². The van der Waals surface area contributed by atoms with Crippen molar-refractivity contribution in [1.29, 1.82) is 0 Å². The van der Waals surface area contributed by atoms with Crippen LogP contribution in [-0.2, 0) is 4.79 Å². The maximum Gasteiger partial charge on any atom is 0.162 e. The lowest BCUT2D eigenvalue weighted by molar-refractivity contribution is -0.118. The number of allylic oxidation sites excluding steroid dienone is 1. The van der Waals surface area contributed by atoms with Gasteiger partial charge in [0.05, 0.1) is 11.6 Å². The number of pyridine rings is 1. The molecule has 0 amide bonds. The average Bonchev–Trinajstić information content (AvgIpc) is 2.66. The van der Waals surface area contributed by atoms with Gasteiger partial charge in [-0.05, 0) is 53.3 Å². The molecule has 3 aromatic rings. The van der Waals surface area contributed by atoms with Gasteiger partial charge in [-0.15, -0.1) is 0 Å². The number of nitrogens with zero attached hydrogens (tertiary/aromatic N) is 1. The second-order valence-corrected chi connectivity index (χ2v) is 8.96. The number of hydrogen-bond donors (Lipinski definition) is 1. The molecule has 0 saturated carbocycles. The zero-order valence-electron chi connectivity index (χ0n) is 15.9. The molecule has 1 aliphatic carbocycles. The first-order chi connectivity index (χ1) is 13.4. The molecular weight excluding hydrogens is 368 g/mol. The zero-order valence-corrected chi connectivity index (χ0v) is 16.7. The van der Waals surface area contributed by atoms with Gasteiger partial charge in [0.25, 0.3) is 0 Å². The van der Waals surface area contributed by atoms with Gasteiger partial charge in [-0.25, -0.2) is 0 Å². The van der Waals surface area contributed by atoms with E-state index in [1.165, 1.54) is 0 Å². The Hall–Kier alpha value is -2.65. The summed E-state index contributed by atoms with van der Waals surface area (Å²) in [6.07, 6.45) is 3.25. The molecule has 1 atom stereocenters. The van der Waals surface area contributed by atoms with E-state index in [0.29, 0.717) is 11.4 Å². The summed E-state index contributed by atoms with van der Waals surface area (Å²) in [5.41, 5.74) is 6.20. The van der Waals surface area contributed by atoms with Gasteiger partial charge < -0.3 is 5.32 Å². The molecule has 140 valence electrons. The van der Waals surface area contributed by atoms with Gasteiger partial charge in [0.1, 0.15) is 0 Å². The smallest absolute Gasteiger partial charge is 0.162 e. The molecule has 2 aliphatic rings. The van der Waals surface area contributed by atoms with Crippen molar-refractivity contribution in [1.82, 2.24) is 4.98 Å². The molecule has 2 heterocycles. The van der Waals surface area contributed by atoms with E-state index >= 15 is 0 Å². The quantitative estimate of drug-likeness (QED) is 0.539. The van der Waals surface area contributed by atoms with Crippen molar-refractivity contribution in [3.05, 3.63) is 76.5 Å². The van der Waals surface area contributed by atoms with Crippen LogP contribution in [0.3, 0.4) is 0 Å². The van der Waals surface area contributed by atoms with Gasteiger partial charge >= 0.3 is 0 Å². The van der Waals surface area contributed by atoms with Crippen molar-refractivity contribution in [2.24, 2.45) is 5.41 Å². The molecule has 1 unspecified atom stereocenters. The normalized spacial score (nSPS) is 20.5. The van der Waals surface area contributed by atoms with Gasteiger partial charge in [-0.1, -0.05) is 43.6 Å². The van der Waals surface area contributed by atoms with E-state index in [9.17, 15) is 4.79 Å². The Labute approximate surface area is 169 Å². The molecule has 1 aromatic heterocycles. The highest BCUT2D eigenvalue weighted by Crippen LogP contribution is 2.51. The van der Waals surface area contributed by atoms with Crippen LogP contribution in [0, 0.1) is 5.41 Å². The molecular formula is C24H21ClN2O. The van der Waals surface area contributed by atoms with Crippen molar-refractivity contribution in [3.63, 3.8) is 0 Å². The van der Waals surface area contributed by atoms with Crippen LogP contribution in [0.1, 0.15) is 43.9 Å². The maximum absolute atomic E-state index is 13.3. The summed E-state index contributed by atoms with van der Waals surface area (Å²) in [4.78, 5) is 17.8. The van der Waals surface area contributed by atoms with Crippen LogP contribution in [0.2, 0.25) is 5.02 Å². The summed E-state index contributed by atoms with van der Waals surface area (Å²) < 4.78 is 0. The Kier molecular flexibility index (Phi) is 3.85. The van der Waals surface area contributed by atoms with Gasteiger partial charge in [0.15, 0.2) is 5.78 Å². The van der Waals surface area contributed by atoms with Crippen molar-refractivity contribution < 1.29 is 4.79 Å². The summed E-state index contributed by atoms with van der Waals surface area (Å²) in [5, 5.41) is 5.43. The third-order valence-electron chi connectivity index (χ3n) is 5.80. The predicted octanol–water partition coefficient (Wildman–Crippen LogP) is 6.20. The monoisotopic (exact) mass is 388 g/mol. The number of nitrogens with one attached hydrogen (secondary N) is 1.